The second-order valence-electron chi connectivity index (χ2n) is 1.86. The van der Waals surface area contributed by atoms with Crippen LogP contribution in [0.25, 0.3) is 0 Å². The van der Waals surface area contributed by atoms with Gasteiger partial charge in [0.1, 0.15) is 0 Å². The molecule has 12 heavy (non-hydrogen) atoms. The number of benzene rings is 1. The van der Waals surface area contributed by atoms with Gasteiger partial charge in [-0.15, -0.1) is 0 Å². The lowest BCUT2D eigenvalue weighted by molar-refractivity contribution is -0.384. The molecule has 0 aliphatic carbocycles. The van der Waals surface area contributed by atoms with Gasteiger partial charge in [-0.3, -0.25) is 10.1 Å². The third-order valence-electron chi connectivity index (χ3n) is 1.08. The predicted molar refractivity (Wildman–Crippen MR) is 40.1 cm³/mol. The van der Waals surface area contributed by atoms with E-state index in [0.717, 1.165) is 0 Å². The van der Waals surface area contributed by atoms with E-state index in [0.29, 0.717) is 6.07 Å². The number of nitro benzene ring substituents is 1. The highest BCUT2D eigenvalue weighted by Gasteiger charge is 2.06. The quantitative estimate of drug-likeness (QED) is 0.535. The highest BCUT2D eigenvalue weighted by atomic mass is 16.6. The Labute approximate surface area is 71.6 Å². The fourth-order valence-corrected chi connectivity index (χ4v) is 0.553. The first-order chi connectivity index (χ1) is 6.86. The molecule has 0 aromatic heterocycles. The Morgan fingerprint density at radius 2 is 2.25 bits per heavy atom. The van der Waals surface area contributed by atoms with E-state index >= 15 is 0 Å². The van der Waals surface area contributed by atoms with Gasteiger partial charge in [0.25, 0.3) is 5.69 Å². The average Bonchev–Trinajstić information content (AvgIpc) is 2.10. The minimum atomic E-state index is -1.49. The monoisotopic (exact) mass is 170 g/mol. The van der Waals surface area contributed by atoms with Crippen molar-refractivity contribution in [2.45, 2.75) is 0 Å². The highest BCUT2D eigenvalue weighted by molar-refractivity contribution is 5.87. The number of rotatable bonds is 2. The van der Waals surface area contributed by atoms with E-state index < -0.39 is 40.3 Å². The van der Waals surface area contributed by atoms with E-state index in [9.17, 15) is 14.9 Å². The van der Waals surface area contributed by atoms with Gasteiger partial charge in [-0.25, -0.2) is 4.79 Å². The first-order valence-electron chi connectivity index (χ1n) is 4.34. The lowest BCUT2D eigenvalue weighted by Gasteiger charge is -1.92. The van der Waals surface area contributed by atoms with Gasteiger partial charge in [-0.2, -0.15) is 0 Å². The number of aromatic carboxylic acids is 1. The molecule has 0 radical (unpaired) electrons. The molecule has 0 aliphatic heterocycles. The van der Waals surface area contributed by atoms with Crippen LogP contribution in [0, 0.1) is 10.1 Å². The molecule has 1 N–H and O–H groups in total. The fraction of sp³-hybridized carbons (Fsp3) is 0. The molecule has 0 aliphatic rings. The van der Waals surface area contributed by atoms with Crippen molar-refractivity contribution in [1.29, 1.82) is 0 Å². The average molecular weight is 170 g/mol. The zero-order valence-corrected chi connectivity index (χ0v) is 5.70. The summed E-state index contributed by atoms with van der Waals surface area (Å²) in [6.45, 7) is 0. The summed E-state index contributed by atoms with van der Waals surface area (Å²) < 4.78 is 21.6. The van der Waals surface area contributed by atoms with Gasteiger partial charge in [-0.05, 0) is 12.1 Å². The molecule has 0 heterocycles. The lowest BCUT2D eigenvalue weighted by atomic mass is 10.2. The maximum atomic E-state index is 10.6. The van der Waals surface area contributed by atoms with Crippen LogP contribution in [0.1, 0.15) is 14.5 Å². The van der Waals surface area contributed by atoms with Crippen molar-refractivity contribution < 1.29 is 18.9 Å². The van der Waals surface area contributed by atoms with Crippen molar-refractivity contribution in [1.82, 2.24) is 0 Å². The Morgan fingerprint density at radius 1 is 1.58 bits per heavy atom. The van der Waals surface area contributed by atoms with Crippen LogP contribution < -0.4 is 0 Å². The number of carboxylic acids is 1. The second kappa shape index (κ2) is 3.00. The van der Waals surface area contributed by atoms with Crippen LogP contribution in [0.15, 0.2) is 24.2 Å². The number of nitrogens with zero attached hydrogens (tertiary/aromatic N) is 1. The Hall–Kier alpha value is -1.91. The first-order valence-corrected chi connectivity index (χ1v) is 2.84. The molecule has 1 aromatic rings. The summed E-state index contributed by atoms with van der Waals surface area (Å²) in [4.78, 5) is 20.0. The minimum absolute atomic E-state index is 0.587. The summed E-state index contributed by atoms with van der Waals surface area (Å²) in [5, 5.41) is 19.0. The minimum Gasteiger partial charge on any atom is -0.478 e. The van der Waals surface area contributed by atoms with E-state index in [2.05, 4.69) is 0 Å². The topological polar surface area (TPSA) is 80.4 Å². The molecule has 0 amide bonds. The van der Waals surface area contributed by atoms with E-state index in [-0.39, 0.29) is 0 Å². The maximum Gasteiger partial charge on any atom is 0.335 e. The molecule has 1 aromatic carbocycles. The number of nitro groups is 1. The summed E-state index contributed by atoms with van der Waals surface area (Å²) in [5.41, 5.74) is -1.44. The van der Waals surface area contributed by atoms with E-state index in [1.165, 1.54) is 0 Å². The summed E-state index contributed by atoms with van der Waals surface area (Å²) in [6.07, 6.45) is 0. The normalized spacial score (nSPS) is 12.8. The lowest BCUT2D eigenvalue weighted by Crippen LogP contribution is -1.96. The Balaban J connectivity index is 3.58. The second-order valence-corrected chi connectivity index (χ2v) is 1.86. The summed E-state index contributed by atoms with van der Waals surface area (Å²) in [6, 6.07) is -1.60. The van der Waals surface area contributed by atoms with Crippen LogP contribution in [0.2, 0.25) is 0 Å². The molecule has 0 bridgehead atoms. The number of hydrogen-bond acceptors (Lipinski definition) is 3. The van der Waals surface area contributed by atoms with Gasteiger partial charge in [0, 0.05) is 12.1 Å². The summed E-state index contributed by atoms with van der Waals surface area (Å²) in [5.74, 6) is -1.49. The van der Waals surface area contributed by atoms with Gasteiger partial charge in [0.15, 0.2) is 0 Å². The molecule has 5 heteroatoms. The SMILES string of the molecule is [2H]c1cc(C(=O)O)c([2H])c([2H])c1[N+](=O)[O-]. The van der Waals surface area contributed by atoms with Gasteiger partial charge in [0.05, 0.1) is 14.6 Å². The zero-order chi connectivity index (χ0) is 11.7. The molecular weight excluding hydrogens is 162 g/mol. The Morgan fingerprint density at radius 3 is 2.75 bits per heavy atom. The summed E-state index contributed by atoms with van der Waals surface area (Å²) >= 11 is 0. The third kappa shape index (κ3) is 1.57. The van der Waals surface area contributed by atoms with Gasteiger partial charge in [-0.1, -0.05) is 0 Å². The largest absolute Gasteiger partial charge is 0.478 e. The van der Waals surface area contributed by atoms with Crippen molar-refractivity contribution in [3.63, 3.8) is 0 Å². The highest BCUT2D eigenvalue weighted by Crippen LogP contribution is 2.11. The van der Waals surface area contributed by atoms with Gasteiger partial charge in [0.2, 0.25) is 0 Å². The molecule has 0 saturated carbocycles. The third-order valence-corrected chi connectivity index (χ3v) is 1.08. The van der Waals surface area contributed by atoms with Crippen LogP contribution in [-0.2, 0) is 0 Å². The molecule has 0 atom stereocenters. The maximum absolute atomic E-state index is 10.6. The fourth-order valence-electron chi connectivity index (χ4n) is 0.553. The van der Waals surface area contributed by atoms with Crippen LogP contribution in [0.3, 0.4) is 0 Å². The number of carboxylic acid groups (broad SMARTS) is 1. The zero-order valence-electron chi connectivity index (χ0n) is 8.70. The molecule has 0 spiro atoms. The Kier molecular flexibility index (Phi) is 1.22. The number of carbonyl (C=O) groups is 1. The molecular formula is C7H5NO4. The molecule has 0 unspecified atom stereocenters. The standard InChI is InChI=1S/C7H5NO4/c9-7(10)5-1-3-6(4-2-5)8(11)12/h1-4H,(H,9,10)/i1D,3D,4D. The van der Waals surface area contributed by atoms with Crippen molar-refractivity contribution in [2.75, 3.05) is 0 Å². The van der Waals surface area contributed by atoms with Gasteiger partial charge < -0.3 is 5.11 Å². The molecule has 5 nitrogen and oxygen atoms in total. The molecule has 1 rings (SSSR count). The van der Waals surface area contributed by atoms with E-state index in [1.54, 1.807) is 0 Å². The summed E-state index contributed by atoms with van der Waals surface area (Å²) in [7, 11) is 0. The van der Waals surface area contributed by atoms with Crippen molar-refractivity contribution >= 4 is 11.7 Å². The van der Waals surface area contributed by atoms with Crippen LogP contribution in [0.5, 0.6) is 0 Å². The van der Waals surface area contributed by atoms with E-state index in [4.69, 9.17) is 9.22 Å². The molecule has 62 valence electrons. The predicted octanol–water partition coefficient (Wildman–Crippen LogP) is 1.29. The first kappa shape index (κ1) is 4.87. The number of hydrogen-bond donors (Lipinski definition) is 1. The molecule has 0 saturated heterocycles. The van der Waals surface area contributed by atoms with E-state index in [1.807, 2.05) is 0 Å². The van der Waals surface area contributed by atoms with Gasteiger partial charge >= 0.3 is 5.97 Å². The van der Waals surface area contributed by atoms with Crippen LogP contribution >= 0.6 is 0 Å². The van der Waals surface area contributed by atoms with Crippen molar-refractivity contribution in [2.24, 2.45) is 0 Å². The van der Waals surface area contributed by atoms with Crippen LogP contribution in [-0.4, -0.2) is 16.0 Å². The van der Waals surface area contributed by atoms with Crippen LogP contribution in [0.4, 0.5) is 5.69 Å². The van der Waals surface area contributed by atoms with Crippen molar-refractivity contribution in [3.8, 4) is 0 Å². The molecule has 0 fully saturated rings. The Bertz CT molecular complexity index is 460. The smallest absolute Gasteiger partial charge is 0.335 e. The van der Waals surface area contributed by atoms with Crippen molar-refractivity contribution in [3.05, 3.63) is 39.9 Å².